The van der Waals surface area contributed by atoms with Crippen molar-refractivity contribution in [2.45, 2.75) is 0 Å². The zero-order chi connectivity index (χ0) is 7.56. The zero-order valence-electron chi connectivity index (χ0n) is 5.40. The first-order valence-corrected chi connectivity index (χ1v) is 3.81. The van der Waals surface area contributed by atoms with Crippen molar-refractivity contribution in [2.24, 2.45) is 0 Å². The molecule has 0 radical (unpaired) electrons. The van der Waals surface area contributed by atoms with Gasteiger partial charge in [-0.25, -0.2) is 4.39 Å². The molecule has 0 bridgehead atoms. The van der Waals surface area contributed by atoms with Crippen molar-refractivity contribution >= 4 is 22.6 Å². The Balaban J connectivity index is 3.07. The molecule has 1 aromatic carbocycles. The average Bonchev–Trinajstić information content (AvgIpc) is 1.88. The average molecular weight is 252 g/mol. The summed E-state index contributed by atoms with van der Waals surface area (Å²) in [5.74, 6) is -0.0187. The molecule has 0 saturated heterocycles. The summed E-state index contributed by atoms with van der Waals surface area (Å²) >= 11 is 2.04. The molecule has 0 spiro atoms. The molecule has 3 heteroatoms. The topological polar surface area (TPSA) is 9.23 Å². The summed E-state index contributed by atoms with van der Waals surface area (Å²) in [4.78, 5) is 0. The van der Waals surface area contributed by atoms with E-state index < -0.39 is 0 Å². The van der Waals surface area contributed by atoms with E-state index in [4.69, 9.17) is 4.74 Å². The number of benzene rings is 1. The highest BCUT2D eigenvalue weighted by atomic mass is 127. The normalized spacial score (nSPS) is 9.50. The lowest BCUT2D eigenvalue weighted by molar-refractivity contribution is 0.386. The fraction of sp³-hybridized carbons (Fsp3) is 0.143. The lowest BCUT2D eigenvalue weighted by Crippen LogP contribution is -1.87. The van der Waals surface area contributed by atoms with Gasteiger partial charge in [-0.15, -0.1) is 0 Å². The van der Waals surface area contributed by atoms with E-state index in [-0.39, 0.29) is 5.82 Å². The second kappa shape index (κ2) is 3.18. The third kappa shape index (κ3) is 1.59. The van der Waals surface area contributed by atoms with Crippen molar-refractivity contribution in [3.05, 3.63) is 27.6 Å². The number of hydrogen-bond donors (Lipinski definition) is 0. The van der Waals surface area contributed by atoms with Crippen molar-refractivity contribution in [1.29, 1.82) is 0 Å². The molecular formula is C7H6FIO. The Morgan fingerprint density at radius 2 is 2.20 bits per heavy atom. The summed E-state index contributed by atoms with van der Waals surface area (Å²) in [5, 5.41) is 0. The Bertz CT molecular complexity index is 237. The molecule has 0 N–H and O–H groups in total. The molecule has 0 aliphatic carbocycles. The summed E-state index contributed by atoms with van der Waals surface area (Å²) in [6, 6.07) is 4.83. The number of ether oxygens (including phenoxy) is 1. The van der Waals surface area contributed by atoms with Crippen LogP contribution in [0, 0.1) is 9.39 Å². The van der Waals surface area contributed by atoms with Crippen LogP contribution in [0.15, 0.2) is 18.2 Å². The highest BCUT2D eigenvalue weighted by Crippen LogP contribution is 2.18. The molecule has 0 fully saturated rings. The highest BCUT2D eigenvalue weighted by molar-refractivity contribution is 14.1. The number of halogens is 2. The minimum absolute atomic E-state index is 0.292. The first-order valence-electron chi connectivity index (χ1n) is 2.73. The highest BCUT2D eigenvalue weighted by Gasteiger charge is 1.99. The number of hydrogen-bond acceptors (Lipinski definition) is 1. The maximum Gasteiger partial charge on any atom is 0.166 e. The van der Waals surface area contributed by atoms with E-state index >= 15 is 0 Å². The molecule has 1 rings (SSSR count). The largest absolute Gasteiger partial charge is 0.494 e. The molecule has 0 aliphatic rings. The SMILES string of the molecule is COc1ccc(I)cc1F. The molecule has 54 valence electrons. The molecule has 1 nitrogen and oxygen atoms in total. The maximum absolute atomic E-state index is 12.7. The lowest BCUT2D eigenvalue weighted by atomic mass is 10.3. The maximum atomic E-state index is 12.7. The van der Waals surface area contributed by atoms with Gasteiger partial charge < -0.3 is 4.74 Å². The van der Waals surface area contributed by atoms with Gasteiger partial charge in [-0.1, -0.05) is 0 Å². The van der Waals surface area contributed by atoms with Gasteiger partial charge in [0, 0.05) is 3.57 Å². The molecule has 0 saturated carbocycles. The van der Waals surface area contributed by atoms with Crippen molar-refractivity contribution in [1.82, 2.24) is 0 Å². The lowest BCUT2D eigenvalue weighted by Gasteiger charge is -1.99. The molecule has 0 unspecified atom stereocenters. The number of rotatable bonds is 1. The molecule has 0 atom stereocenters. The Labute approximate surface area is 72.3 Å². The second-order valence-electron chi connectivity index (χ2n) is 1.78. The second-order valence-corrected chi connectivity index (χ2v) is 3.02. The van der Waals surface area contributed by atoms with Crippen LogP contribution in [0.25, 0.3) is 0 Å². The molecule has 10 heavy (non-hydrogen) atoms. The van der Waals surface area contributed by atoms with Gasteiger partial charge in [-0.3, -0.25) is 0 Å². The van der Waals surface area contributed by atoms with Gasteiger partial charge in [0.1, 0.15) is 0 Å². The molecule has 0 heterocycles. The van der Waals surface area contributed by atoms with Gasteiger partial charge in [0.25, 0.3) is 0 Å². The van der Waals surface area contributed by atoms with E-state index in [2.05, 4.69) is 0 Å². The molecule has 0 aromatic heterocycles. The molecule has 1 aromatic rings. The van der Waals surface area contributed by atoms with Crippen LogP contribution in [0.3, 0.4) is 0 Å². The molecular weight excluding hydrogens is 246 g/mol. The standard InChI is InChI=1S/C7H6FIO/c1-10-7-3-2-5(9)4-6(7)8/h2-4H,1H3. The summed E-state index contributed by atoms with van der Waals surface area (Å²) < 4.78 is 18.3. The quantitative estimate of drug-likeness (QED) is 0.697. The van der Waals surface area contributed by atoms with Crippen LogP contribution in [0.5, 0.6) is 5.75 Å². The van der Waals surface area contributed by atoms with E-state index in [0.717, 1.165) is 3.57 Å². The van der Waals surface area contributed by atoms with E-state index in [9.17, 15) is 4.39 Å². The number of methoxy groups -OCH3 is 1. The first-order chi connectivity index (χ1) is 4.74. The smallest absolute Gasteiger partial charge is 0.166 e. The van der Waals surface area contributed by atoms with Crippen LogP contribution in [0.2, 0.25) is 0 Å². The minimum atomic E-state index is -0.311. The van der Waals surface area contributed by atoms with Gasteiger partial charge >= 0.3 is 0 Å². The van der Waals surface area contributed by atoms with Gasteiger partial charge in [-0.2, -0.15) is 0 Å². The summed E-state index contributed by atoms with van der Waals surface area (Å²) in [6.45, 7) is 0. The molecule has 0 amide bonds. The third-order valence-corrected chi connectivity index (χ3v) is 1.78. The van der Waals surface area contributed by atoms with Crippen LogP contribution in [0.4, 0.5) is 4.39 Å². The Hall–Kier alpha value is -0.320. The fourth-order valence-electron chi connectivity index (χ4n) is 0.641. The minimum Gasteiger partial charge on any atom is -0.494 e. The van der Waals surface area contributed by atoms with Gasteiger partial charge in [0.15, 0.2) is 11.6 Å². The third-order valence-electron chi connectivity index (χ3n) is 1.11. The van der Waals surface area contributed by atoms with Gasteiger partial charge in [0.2, 0.25) is 0 Å². The van der Waals surface area contributed by atoms with Crippen LogP contribution in [-0.4, -0.2) is 7.11 Å². The van der Waals surface area contributed by atoms with Gasteiger partial charge in [-0.05, 0) is 40.8 Å². The predicted molar refractivity (Wildman–Crippen MR) is 45.7 cm³/mol. The Morgan fingerprint density at radius 3 is 2.70 bits per heavy atom. The monoisotopic (exact) mass is 252 g/mol. The van der Waals surface area contributed by atoms with E-state index in [1.54, 1.807) is 12.1 Å². The van der Waals surface area contributed by atoms with Crippen molar-refractivity contribution in [3.8, 4) is 5.75 Å². The molecule has 0 aliphatic heterocycles. The first kappa shape index (κ1) is 7.78. The predicted octanol–water partition coefficient (Wildman–Crippen LogP) is 2.44. The summed E-state index contributed by atoms with van der Waals surface area (Å²) in [7, 11) is 1.45. The Kier molecular flexibility index (Phi) is 2.48. The zero-order valence-corrected chi connectivity index (χ0v) is 7.55. The van der Waals surface area contributed by atoms with Crippen LogP contribution in [-0.2, 0) is 0 Å². The summed E-state index contributed by atoms with van der Waals surface area (Å²) in [6.07, 6.45) is 0. The summed E-state index contributed by atoms with van der Waals surface area (Å²) in [5.41, 5.74) is 0. The van der Waals surface area contributed by atoms with E-state index in [1.807, 2.05) is 22.6 Å². The Morgan fingerprint density at radius 1 is 1.50 bits per heavy atom. The van der Waals surface area contributed by atoms with E-state index in [1.165, 1.54) is 13.2 Å². The van der Waals surface area contributed by atoms with Crippen LogP contribution < -0.4 is 4.74 Å². The van der Waals surface area contributed by atoms with Crippen LogP contribution >= 0.6 is 22.6 Å². The van der Waals surface area contributed by atoms with Crippen molar-refractivity contribution in [2.75, 3.05) is 7.11 Å². The van der Waals surface area contributed by atoms with Crippen molar-refractivity contribution < 1.29 is 9.13 Å². The van der Waals surface area contributed by atoms with Crippen LogP contribution in [0.1, 0.15) is 0 Å². The fourth-order valence-corrected chi connectivity index (χ4v) is 1.09. The van der Waals surface area contributed by atoms with Crippen molar-refractivity contribution in [3.63, 3.8) is 0 Å². The van der Waals surface area contributed by atoms with E-state index in [0.29, 0.717) is 5.75 Å². The van der Waals surface area contributed by atoms with Gasteiger partial charge in [0.05, 0.1) is 7.11 Å².